The summed E-state index contributed by atoms with van der Waals surface area (Å²) < 4.78 is 5.19. The highest BCUT2D eigenvalue weighted by Crippen LogP contribution is 2.18. The third-order valence-electron chi connectivity index (χ3n) is 4.81. The number of carbonyl (C=O) groups excluding carboxylic acids is 1. The average Bonchev–Trinajstić information content (AvgIpc) is 2.60. The van der Waals surface area contributed by atoms with Crippen LogP contribution in [0.5, 0.6) is 0 Å². The number of ether oxygens (including phenoxy) is 1. The normalized spacial score (nSPS) is 15.8. The SMILES string of the molecule is COCC1CCN(C(=O)CCc2cc3ccccc3[nH]c2=O)CC1. The summed E-state index contributed by atoms with van der Waals surface area (Å²) in [4.78, 5) is 29.3. The Hall–Kier alpha value is -2.14. The number of piperidine rings is 1. The molecule has 1 aromatic heterocycles. The second-order valence-electron chi connectivity index (χ2n) is 6.49. The van der Waals surface area contributed by atoms with Crippen LogP contribution in [-0.2, 0) is 16.0 Å². The molecule has 0 radical (unpaired) electrons. The smallest absolute Gasteiger partial charge is 0.251 e. The van der Waals surface area contributed by atoms with Gasteiger partial charge in [-0.3, -0.25) is 9.59 Å². The van der Waals surface area contributed by atoms with Crippen LogP contribution in [-0.4, -0.2) is 42.6 Å². The Kier molecular flexibility index (Phi) is 5.30. The van der Waals surface area contributed by atoms with Crippen LogP contribution >= 0.6 is 0 Å². The highest BCUT2D eigenvalue weighted by molar-refractivity contribution is 5.79. The molecule has 0 aliphatic carbocycles. The Morgan fingerprint density at radius 3 is 2.79 bits per heavy atom. The van der Waals surface area contributed by atoms with Crippen LogP contribution in [0.1, 0.15) is 24.8 Å². The van der Waals surface area contributed by atoms with E-state index in [-0.39, 0.29) is 11.5 Å². The number of pyridine rings is 1. The fourth-order valence-corrected chi connectivity index (χ4v) is 3.36. The molecule has 2 heterocycles. The van der Waals surface area contributed by atoms with Crippen LogP contribution in [0.15, 0.2) is 35.1 Å². The summed E-state index contributed by atoms with van der Waals surface area (Å²) in [5.41, 5.74) is 1.41. The van der Waals surface area contributed by atoms with Crippen LogP contribution in [0.25, 0.3) is 10.9 Å². The van der Waals surface area contributed by atoms with Gasteiger partial charge in [-0.05, 0) is 42.7 Å². The maximum absolute atomic E-state index is 12.4. The van der Waals surface area contributed by atoms with E-state index in [0.717, 1.165) is 43.4 Å². The Bertz CT molecular complexity index is 761. The van der Waals surface area contributed by atoms with E-state index in [4.69, 9.17) is 4.74 Å². The molecule has 1 fully saturated rings. The first-order valence-electron chi connectivity index (χ1n) is 8.55. The minimum absolute atomic E-state index is 0.0969. The monoisotopic (exact) mass is 328 g/mol. The Morgan fingerprint density at radius 1 is 1.29 bits per heavy atom. The minimum Gasteiger partial charge on any atom is -0.384 e. The van der Waals surface area contributed by atoms with E-state index in [1.807, 2.05) is 35.2 Å². The Balaban J connectivity index is 1.59. The lowest BCUT2D eigenvalue weighted by Crippen LogP contribution is -2.39. The summed E-state index contributed by atoms with van der Waals surface area (Å²) in [6.07, 6.45) is 2.86. The number of aromatic nitrogens is 1. The van der Waals surface area contributed by atoms with E-state index in [0.29, 0.717) is 24.3 Å². The molecular weight excluding hydrogens is 304 g/mol. The molecule has 1 aliphatic heterocycles. The molecule has 128 valence electrons. The fraction of sp³-hybridized carbons (Fsp3) is 0.474. The van der Waals surface area contributed by atoms with Crippen LogP contribution in [0.3, 0.4) is 0 Å². The van der Waals surface area contributed by atoms with Crippen molar-refractivity contribution in [3.63, 3.8) is 0 Å². The van der Waals surface area contributed by atoms with Gasteiger partial charge in [-0.15, -0.1) is 0 Å². The van der Waals surface area contributed by atoms with Crippen molar-refractivity contribution in [2.75, 3.05) is 26.8 Å². The predicted octanol–water partition coefficient (Wildman–Crippen LogP) is 2.35. The molecule has 1 N–H and O–H groups in total. The van der Waals surface area contributed by atoms with E-state index >= 15 is 0 Å². The largest absolute Gasteiger partial charge is 0.384 e. The molecule has 0 atom stereocenters. The number of nitrogens with zero attached hydrogens (tertiary/aromatic N) is 1. The lowest BCUT2D eigenvalue weighted by molar-refractivity contribution is -0.132. The van der Waals surface area contributed by atoms with Crippen LogP contribution in [0.4, 0.5) is 0 Å². The van der Waals surface area contributed by atoms with Gasteiger partial charge in [-0.25, -0.2) is 0 Å². The molecule has 1 aliphatic rings. The molecule has 3 rings (SSSR count). The number of hydrogen-bond donors (Lipinski definition) is 1. The molecule has 1 saturated heterocycles. The van der Waals surface area contributed by atoms with Gasteiger partial charge >= 0.3 is 0 Å². The second-order valence-corrected chi connectivity index (χ2v) is 6.49. The molecule has 2 aromatic rings. The van der Waals surface area contributed by atoms with E-state index in [9.17, 15) is 9.59 Å². The zero-order valence-electron chi connectivity index (χ0n) is 14.1. The van der Waals surface area contributed by atoms with E-state index < -0.39 is 0 Å². The number of aryl methyl sites for hydroxylation is 1. The van der Waals surface area contributed by atoms with Gasteiger partial charge in [0.2, 0.25) is 5.91 Å². The molecule has 0 saturated carbocycles. The number of methoxy groups -OCH3 is 1. The topological polar surface area (TPSA) is 62.4 Å². The molecule has 1 amide bonds. The highest BCUT2D eigenvalue weighted by Gasteiger charge is 2.22. The van der Waals surface area contributed by atoms with Crippen molar-refractivity contribution in [2.24, 2.45) is 5.92 Å². The van der Waals surface area contributed by atoms with Crippen molar-refractivity contribution in [2.45, 2.75) is 25.7 Å². The van der Waals surface area contributed by atoms with Gasteiger partial charge < -0.3 is 14.6 Å². The predicted molar refractivity (Wildman–Crippen MR) is 94.1 cm³/mol. The number of H-pyrrole nitrogens is 1. The molecule has 1 aromatic carbocycles. The molecule has 5 heteroatoms. The third-order valence-corrected chi connectivity index (χ3v) is 4.81. The first-order valence-corrected chi connectivity index (χ1v) is 8.55. The van der Waals surface area contributed by atoms with Crippen molar-refractivity contribution in [3.8, 4) is 0 Å². The number of rotatable bonds is 5. The molecular formula is C19H24N2O3. The fourth-order valence-electron chi connectivity index (χ4n) is 3.36. The van der Waals surface area contributed by atoms with E-state index in [1.165, 1.54) is 0 Å². The standard InChI is InChI=1S/C19H24N2O3/c1-24-13-14-8-10-21(11-9-14)18(22)7-6-16-12-15-4-2-3-5-17(15)20-19(16)23/h2-5,12,14H,6-11,13H2,1H3,(H,20,23). The zero-order valence-corrected chi connectivity index (χ0v) is 14.1. The quantitative estimate of drug-likeness (QED) is 0.916. The van der Waals surface area contributed by atoms with Crippen molar-refractivity contribution in [1.29, 1.82) is 0 Å². The van der Waals surface area contributed by atoms with Gasteiger partial charge in [0, 0.05) is 44.3 Å². The molecule has 5 nitrogen and oxygen atoms in total. The van der Waals surface area contributed by atoms with Gasteiger partial charge in [-0.2, -0.15) is 0 Å². The first-order chi connectivity index (χ1) is 11.7. The van der Waals surface area contributed by atoms with Gasteiger partial charge in [0.1, 0.15) is 0 Å². The first kappa shape index (κ1) is 16.7. The second kappa shape index (κ2) is 7.62. The summed E-state index contributed by atoms with van der Waals surface area (Å²) in [6.45, 7) is 2.36. The van der Waals surface area contributed by atoms with Crippen molar-refractivity contribution >= 4 is 16.8 Å². The molecule has 0 unspecified atom stereocenters. The number of hydrogen-bond acceptors (Lipinski definition) is 3. The van der Waals surface area contributed by atoms with Crippen LogP contribution in [0, 0.1) is 5.92 Å². The summed E-state index contributed by atoms with van der Waals surface area (Å²) in [5, 5.41) is 1.000. The maximum atomic E-state index is 12.4. The Morgan fingerprint density at radius 2 is 2.04 bits per heavy atom. The number of carbonyl (C=O) groups is 1. The number of para-hydroxylation sites is 1. The average molecular weight is 328 g/mol. The minimum atomic E-state index is -0.0969. The summed E-state index contributed by atoms with van der Waals surface area (Å²) in [5.74, 6) is 0.695. The number of nitrogens with one attached hydrogen (secondary N) is 1. The number of fused-ring (bicyclic) bond motifs is 1. The lowest BCUT2D eigenvalue weighted by atomic mass is 9.97. The highest BCUT2D eigenvalue weighted by atomic mass is 16.5. The van der Waals surface area contributed by atoms with E-state index in [1.54, 1.807) is 7.11 Å². The summed E-state index contributed by atoms with van der Waals surface area (Å²) in [7, 11) is 1.72. The molecule has 0 spiro atoms. The van der Waals surface area contributed by atoms with Crippen molar-refractivity contribution in [3.05, 3.63) is 46.2 Å². The van der Waals surface area contributed by atoms with Crippen molar-refractivity contribution < 1.29 is 9.53 Å². The van der Waals surface area contributed by atoms with Crippen LogP contribution < -0.4 is 5.56 Å². The number of amides is 1. The molecule has 24 heavy (non-hydrogen) atoms. The van der Waals surface area contributed by atoms with Crippen LogP contribution in [0.2, 0.25) is 0 Å². The number of likely N-dealkylation sites (tertiary alicyclic amines) is 1. The lowest BCUT2D eigenvalue weighted by Gasteiger charge is -2.31. The van der Waals surface area contributed by atoms with Gasteiger partial charge in [0.15, 0.2) is 0 Å². The van der Waals surface area contributed by atoms with Gasteiger partial charge in [-0.1, -0.05) is 18.2 Å². The van der Waals surface area contributed by atoms with E-state index in [2.05, 4.69) is 4.98 Å². The Labute approximate surface area is 141 Å². The third kappa shape index (κ3) is 3.85. The summed E-state index contributed by atoms with van der Waals surface area (Å²) in [6, 6.07) is 9.59. The van der Waals surface area contributed by atoms with Gasteiger partial charge in [0.25, 0.3) is 5.56 Å². The maximum Gasteiger partial charge on any atom is 0.251 e. The summed E-state index contributed by atoms with van der Waals surface area (Å²) >= 11 is 0. The molecule has 0 bridgehead atoms. The van der Waals surface area contributed by atoms with Crippen molar-refractivity contribution in [1.82, 2.24) is 9.88 Å². The zero-order chi connectivity index (χ0) is 16.9. The number of aromatic amines is 1. The number of benzene rings is 1. The van der Waals surface area contributed by atoms with Gasteiger partial charge in [0.05, 0.1) is 0 Å².